The topological polar surface area (TPSA) is 223 Å². The summed E-state index contributed by atoms with van der Waals surface area (Å²) in [5.41, 5.74) is -4.24. The number of aliphatic hydroxyl groups excluding tert-OH is 3. The highest BCUT2D eigenvalue weighted by atomic mass is 16.7. The minimum Gasteiger partial charge on any atom is -0.554 e. The number of nitrogens with zero attached hydrogens (tertiary/aromatic N) is 1. The van der Waals surface area contributed by atoms with Crippen molar-refractivity contribution in [2.24, 2.45) is 23.7 Å². The van der Waals surface area contributed by atoms with Gasteiger partial charge in [0.1, 0.15) is 29.7 Å². The zero-order valence-electron chi connectivity index (χ0n) is 35.3. The Labute approximate surface area is 327 Å². The standard InChI is InChI=1S/C38H69NO13.CH2O2/c1-15-26-38(10,45)31(42)21(4)28(40)19(2)17-37(9,47-14)33(52-35-29(41)25(39(11)12)16-20(3)48-35)22(5)30(23(6)34(44)50-26)51-27-18-36(8,46-13)32(43)24(7)49-27;2-1-3/h19-27,29-33,35,41-43,45H,15-18H2,1-14H3;1H,(H,2,3)/p-1/t19-,20-,21+,22+,23-,24+,25+,26-,27+,29-,30+,31-,32+,33-,35+,36-,37-,38-;/m1./s1. The molecule has 16 heteroatoms. The summed E-state index contributed by atoms with van der Waals surface area (Å²) in [6, 6.07) is -0.283. The summed E-state index contributed by atoms with van der Waals surface area (Å²) in [6.45, 7) is 16.6. The van der Waals surface area contributed by atoms with Gasteiger partial charge in [0.25, 0.3) is 0 Å². The van der Waals surface area contributed by atoms with Crippen molar-refractivity contribution in [3.05, 3.63) is 0 Å². The molecule has 0 unspecified atom stereocenters. The average molecular weight is 793 g/mol. The summed E-state index contributed by atoms with van der Waals surface area (Å²) >= 11 is 0. The summed E-state index contributed by atoms with van der Waals surface area (Å²) < 4.78 is 43.9. The van der Waals surface area contributed by atoms with Crippen molar-refractivity contribution in [2.45, 2.75) is 179 Å². The van der Waals surface area contributed by atoms with E-state index in [1.807, 2.05) is 32.8 Å². The molecule has 3 heterocycles. The van der Waals surface area contributed by atoms with E-state index in [1.54, 1.807) is 48.5 Å². The molecule has 3 aliphatic rings. The second-order valence-electron chi connectivity index (χ2n) is 16.7. The fourth-order valence-corrected chi connectivity index (χ4v) is 8.58. The summed E-state index contributed by atoms with van der Waals surface area (Å²) in [6.07, 6.45) is -8.73. The molecule has 0 radical (unpaired) electrons. The van der Waals surface area contributed by atoms with E-state index in [0.29, 0.717) is 6.42 Å². The molecule has 18 atom stereocenters. The molecule has 3 saturated heterocycles. The number of esters is 1. The van der Waals surface area contributed by atoms with E-state index >= 15 is 0 Å². The summed E-state index contributed by atoms with van der Waals surface area (Å²) in [7, 11) is 6.77. The van der Waals surface area contributed by atoms with Crippen molar-refractivity contribution < 1.29 is 73.1 Å². The third-order valence-corrected chi connectivity index (χ3v) is 12.3. The second-order valence-corrected chi connectivity index (χ2v) is 16.7. The van der Waals surface area contributed by atoms with Crippen LogP contribution in [0.3, 0.4) is 0 Å². The Morgan fingerprint density at radius 2 is 1.45 bits per heavy atom. The fraction of sp³-hybridized carbons (Fsp3) is 0.923. The molecule has 4 N–H and O–H groups in total. The number of cyclic esters (lactones) is 1. The van der Waals surface area contributed by atoms with E-state index in [2.05, 4.69) is 0 Å². The molecular formula is C39H70NO15-. The number of ether oxygens (including phenoxy) is 7. The molecule has 3 fully saturated rings. The summed E-state index contributed by atoms with van der Waals surface area (Å²) in [5, 5.41) is 53.8. The van der Waals surface area contributed by atoms with Crippen LogP contribution in [0.25, 0.3) is 0 Å². The van der Waals surface area contributed by atoms with Gasteiger partial charge in [-0.2, -0.15) is 0 Å². The van der Waals surface area contributed by atoms with Gasteiger partial charge in [-0.3, -0.25) is 9.59 Å². The van der Waals surface area contributed by atoms with Gasteiger partial charge >= 0.3 is 5.97 Å². The zero-order valence-corrected chi connectivity index (χ0v) is 35.3. The van der Waals surface area contributed by atoms with Crippen molar-refractivity contribution >= 4 is 18.2 Å². The number of carbonyl (C=O) groups is 3. The highest BCUT2D eigenvalue weighted by Crippen LogP contribution is 2.41. The molecular weight excluding hydrogens is 722 g/mol. The summed E-state index contributed by atoms with van der Waals surface area (Å²) in [5.74, 6) is -4.47. The first-order valence-corrected chi connectivity index (χ1v) is 19.4. The molecule has 0 bridgehead atoms. The van der Waals surface area contributed by atoms with Gasteiger partial charge in [0, 0.05) is 50.9 Å². The quantitative estimate of drug-likeness (QED) is 0.197. The Morgan fingerprint density at radius 1 is 0.891 bits per heavy atom. The molecule has 55 heavy (non-hydrogen) atoms. The van der Waals surface area contributed by atoms with Crippen molar-refractivity contribution in [2.75, 3.05) is 28.3 Å². The van der Waals surface area contributed by atoms with Gasteiger partial charge in [-0.15, -0.1) is 0 Å². The van der Waals surface area contributed by atoms with E-state index in [0.717, 1.165) is 0 Å². The maximum atomic E-state index is 14.2. The van der Waals surface area contributed by atoms with Crippen LogP contribution in [0.15, 0.2) is 0 Å². The van der Waals surface area contributed by atoms with E-state index in [9.17, 15) is 30.0 Å². The molecule has 16 nitrogen and oxygen atoms in total. The van der Waals surface area contributed by atoms with Gasteiger partial charge in [0.05, 0.1) is 47.6 Å². The average Bonchev–Trinajstić information content (AvgIpc) is 3.12. The maximum absolute atomic E-state index is 14.2. The number of hydrogen-bond acceptors (Lipinski definition) is 16. The molecule has 0 saturated carbocycles. The molecule has 0 aliphatic carbocycles. The van der Waals surface area contributed by atoms with Crippen molar-refractivity contribution in [1.82, 2.24) is 4.90 Å². The number of methoxy groups -OCH3 is 2. The normalized spacial score (nSPS) is 46.6. The number of Topliss-reactive ketones (excluding diaryl/α,β-unsaturated/α-hetero) is 1. The van der Waals surface area contributed by atoms with Crippen LogP contribution in [0, 0.1) is 23.7 Å². The number of rotatable bonds is 8. The predicted octanol–water partition coefficient (Wildman–Crippen LogP) is 0.806. The van der Waals surface area contributed by atoms with Crippen LogP contribution in [0.4, 0.5) is 0 Å². The molecule has 0 aromatic heterocycles. The highest BCUT2D eigenvalue weighted by molar-refractivity contribution is 5.83. The Hall–Kier alpha value is -1.83. The Morgan fingerprint density at radius 3 is 1.96 bits per heavy atom. The molecule has 322 valence electrons. The van der Waals surface area contributed by atoms with Gasteiger partial charge in [-0.05, 0) is 74.9 Å². The second kappa shape index (κ2) is 20.2. The third-order valence-electron chi connectivity index (χ3n) is 12.3. The van der Waals surface area contributed by atoms with Crippen LogP contribution < -0.4 is 5.11 Å². The first-order chi connectivity index (χ1) is 25.4. The molecule has 3 aliphatic heterocycles. The van der Waals surface area contributed by atoms with Gasteiger partial charge in [0.15, 0.2) is 12.6 Å². The monoisotopic (exact) mass is 792 g/mol. The molecule has 0 aromatic carbocycles. The summed E-state index contributed by atoms with van der Waals surface area (Å²) in [4.78, 5) is 38.3. The van der Waals surface area contributed by atoms with Gasteiger partial charge < -0.3 is 68.4 Å². The number of ketones is 1. The van der Waals surface area contributed by atoms with Crippen molar-refractivity contribution in [1.29, 1.82) is 0 Å². The number of carbonyl (C=O) groups excluding carboxylic acids is 3. The Bertz CT molecular complexity index is 1240. The highest BCUT2D eigenvalue weighted by Gasteiger charge is 2.54. The van der Waals surface area contributed by atoms with Gasteiger partial charge in [-0.25, -0.2) is 0 Å². The van der Waals surface area contributed by atoms with E-state index in [-0.39, 0.29) is 37.2 Å². The largest absolute Gasteiger partial charge is 0.554 e. The molecule has 3 rings (SSSR count). The minimum atomic E-state index is -1.96. The Balaban J connectivity index is 0.00000337. The van der Waals surface area contributed by atoms with Crippen LogP contribution in [-0.2, 0) is 47.5 Å². The molecule has 0 amide bonds. The number of likely N-dealkylation sites (N-methyl/N-ethyl adjacent to an activating group) is 1. The number of carboxylic acid groups (broad SMARTS) is 1. The van der Waals surface area contributed by atoms with E-state index in [1.165, 1.54) is 21.1 Å². The minimum absolute atomic E-state index is 0.111. The third kappa shape index (κ3) is 11.2. The van der Waals surface area contributed by atoms with Crippen molar-refractivity contribution in [3.63, 3.8) is 0 Å². The smallest absolute Gasteiger partial charge is 0.311 e. The van der Waals surface area contributed by atoms with E-state index in [4.69, 9.17) is 43.1 Å². The fourth-order valence-electron chi connectivity index (χ4n) is 8.58. The van der Waals surface area contributed by atoms with Crippen LogP contribution in [0.2, 0.25) is 0 Å². The lowest BCUT2D eigenvalue weighted by atomic mass is 9.74. The number of aliphatic hydroxyl groups is 4. The molecule has 0 spiro atoms. The lowest BCUT2D eigenvalue weighted by Gasteiger charge is -2.50. The maximum Gasteiger partial charge on any atom is 0.311 e. The van der Waals surface area contributed by atoms with Gasteiger partial charge in [-0.1, -0.05) is 27.7 Å². The van der Waals surface area contributed by atoms with Crippen molar-refractivity contribution in [3.8, 4) is 0 Å². The SMILES string of the molecule is CC[C@H]1OC(=O)[C@H](C)[C@@H](O[C@H]2C[C@@](C)(OC)[C@@H](O)[C@H](C)O2)[C@H](C)[C@@H](O[C@@H]2O[C@H](C)C[C@H](N(C)C)[C@H]2O)[C@](C)(OC)C[C@@H](C)C(=O)[C@H](C)[C@@H](O)[C@]1(C)O.O=C[O-]. The lowest BCUT2D eigenvalue weighted by molar-refractivity contribution is -0.319. The first kappa shape index (κ1) is 49.3. The molecule has 0 aromatic rings. The van der Waals surface area contributed by atoms with Gasteiger partial charge in [0.2, 0.25) is 0 Å². The van der Waals surface area contributed by atoms with Crippen LogP contribution in [-0.4, -0.2) is 156 Å². The first-order valence-electron chi connectivity index (χ1n) is 19.4. The lowest BCUT2D eigenvalue weighted by Crippen LogP contribution is -2.61. The predicted molar refractivity (Wildman–Crippen MR) is 197 cm³/mol. The zero-order chi connectivity index (χ0) is 42.4. The number of hydrogen-bond donors (Lipinski definition) is 4. The Kier molecular flexibility index (Phi) is 18.1. The van der Waals surface area contributed by atoms with Crippen LogP contribution in [0.1, 0.15) is 94.9 Å². The van der Waals surface area contributed by atoms with Crippen LogP contribution >= 0.6 is 0 Å². The van der Waals surface area contributed by atoms with E-state index < -0.39 is 108 Å². The van der Waals surface area contributed by atoms with Crippen LogP contribution in [0.5, 0.6) is 0 Å².